The molecule has 0 saturated carbocycles. The van der Waals surface area contributed by atoms with Crippen LogP contribution in [-0.4, -0.2) is 48.1 Å². The summed E-state index contributed by atoms with van der Waals surface area (Å²) in [6, 6.07) is 19.8. The minimum absolute atomic E-state index is 0.0414. The summed E-state index contributed by atoms with van der Waals surface area (Å²) in [5.41, 5.74) is 3.21. The number of Topliss-reactive ketones (excluding diaryl/α,β-unsaturated/α-hetero) is 1. The van der Waals surface area contributed by atoms with Crippen LogP contribution in [0.15, 0.2) is 72.3 Å². The normalized spacial score (nSPS) is 19.4. The van der Waals surface area contributed by atoms with E-state index in [0.717, 1.165) is 23.3 Å². The molecule has 2 aliphatic heterocycles. The van der Waals surface area contributed by atoms with Crippen molar-refractivity contribution in [2.24, 2.45) is 5.92 Å². The Labute approximate surface area is 241 Å². The van der Waals surface area contributed by atoms with Crippen LogP contribution in [0, 0.1) is 5.92 Å². The number of carbonyl (C=O) groups is 2. The fourth-order valence-electron chi connectivity index (χ4n) is 5.45. The average molecular weight is 556 g/mol. The molecular weight excluding hydrogens is 518 g/mol. The Hall–Kier alpha value is -4.26. The molecular formula is C34H37NO6. The molecule has 1 fully saturated rings. The van der Waals surface area contributed by atoms with Crippen LogP contribution in [0.1, 0.15) is 55.5 Å². The number of ketones is 1. The number of hydrogen-bond acceptors (Lipinski definition) is 6. The molecule has 3 aromatic rings. The van der Waals surface area contributed by atoms with Crippen molar-refractivity contribution in [3.63, 3.8) is 0 Å². The number of amides is 1. The van der Waals surface area contributed by atoms with Gasteiger partial charge < -0.3 is 24.2 Å². The van der Waals surface area contributed by atoms with Crippen molar-refractivity contribution in [2.45, 2.75) is 52.2 Å². The lowest BCUT2D eigenvalue weighted by Crippen LogP contribution is -2.31. The lowest BCUT2D eigenvalue weighted by molar-refractivity contribution is -0.139. The number of carbonyl (C=O) groups excluding carboxylic acids is 2. The van der Waals surface area contributed by atoms with Crippen LogP contribution in [0.5, 0.6) is 17.2 Å². The van der Waals surface area contributed by atoms with Crippen molar-refractivity contribution in [1.82, 2.24) is 4.90 Å². The minimum atomic E-state index is -0.791. The number of ether oxygens (including phenoxy) is 3. The fraction of sp³-hybridized carbons (Fsp3) is 0.353. The molecule has 0 aliphatic carbocycles. The zero-order chi connectivity index (χ0) is 29.1. The van der Waals surface area contributed by atoms with E-state index in [1.807, 2.05) is 49.4 Å². The first kappa shape index (κ1) is 28.3. The molecule has 5 rings (SSSR count). The summed E-state index contributed by atoms with van der Waals surface area (Å²) in [4.78, 5) is 28.6. The highest BCUT2D eigenvalue weighted by molar-refractivity contribution is 6.46. The molecule has 1 saturated heterocycles. The predicted octanol–water partition coefficient (Wildman–Crippen LogP) is 6.11. The quantitative estimate of drug-likeness (QED) is 0.185. The molecule has 1 amide bonds. The predicted molar refractivity (Wildman–Crippen MR) is 157 cm³/mol. The first-order valence-corrected chi connectivity index (χ1v) is 14.2. The Morgan fingerprint density at radius 2 is 1.83 bits per heavy atom. The minimum Gasteiger partial charge on any atom is -0.507 e. The summed E-state index contributed by atoms with van der Waals surface area (Å²) in [6.07, 6.45) is 2.21. The highest BCUT2D eigenvalue weighted by atomic mass is 16.5. The summed E-state index contributed by atoms with van der Waals surface area (Å²) >= 11 is 0. The van der Waals surface area contributed by atoms with Gasteiger partial charge in [-0.1, -0.05) is 50.2 Å². The number of nitrogens with zero attached hydrogens (tertiary/aromatic N) is 1. The largest absolute Gasteiger partial charge is 0.507 e. The second kappa shape index (κ2) is 12.1. The Morgan fingerprint density at radius 3 is 2.56 bits per heavy atom. The number of aliphatic hydroxyl groups excluding tert-OH is 1. The Morgan fingerprint density at radius 1 is 1.05 bits per heavy atom. The number of hydrogen-bond donors (Lipinski definition) is 1. The number of aliphatic hydroxyl groups is 1. The summed E-state index contributed by atoms with van der Waals surface area (Å²) < 4.78 is 17.4. The molecule has 0 unspecified atom stereocenters. The zero-order valence-electron chi connectivity index (χ0n) is 24.1. The third-order valence-electron chi connectivity index (χ3n) is 7.65. The van der Waals surface area contributed by atoms with Crippen LogP contribution in [-0.2, 0) is 22.4 Å². The van der Waals surface area contributed by atoms with Gasteiger partial charge >= 0.3 is 0 Å². The van der Waals surface area contributed by atoms with E-state index in [9.17, 15) is 14.7 Å². The first-order chi connectivity index (χ1) is 19.8. The maximum atomic E-state index is 13.5. The lowest BCUT2D eigenvalue weighted by atomic mass is 9.94. The van der Waals surface area contributed by atoms with Gasteiger partial charge in [0, 0.05) is 18.5 Å². The molecule has 0 radical (unpaired) electrons. The van der Waals surface area contributed by atoms with E-state index in [1.165, 1.54) is 0 Å². The number of rotatable bonds is 10. The molecule has 2 atom stereocenters. The third-order valence-corrected chi connectivity index (χ3v) is 7.65. The van der Waals surface area contributed by atoms with Gasteiger partial charge in [-0.3, -0.25) is 9.59 Å². The maximum Gasteiger partial charge on any atom is 0.295 e. The van der Waals surface area contributed by atoms with Crippen LogP contribution < -0.4 is 14.2 Å². The van der Waals surface area contributed by atoms with Gasteiger partial charge in [0.15, 0.2) is 11.5 Å². The van der Waals surface area contributed by atoms with E-state index < -0.39 is 17.7 Å². The Bertz CT molecular complexity index is 1460. The van der Waals surface area contributed by atoms with E-state index >= 15 is 0 Å². The van der Waals surface area contributed by atoms with Crippen LogP contribution in [0.25, 0.3) is 5.76 Å². The van der Waals surface area contributed by atoms with E-state index in [4.69, 9.17) is 14.2 Å². The van der Waals surface area contributed by atoms with Crippen molar-refractivity contribution in [1.29, 1.82) is 0 Å². The molecule has 0 bridgehead atoms. The number of fused-ring (bicyclic) bond motifs is 1. The fourth-order valence-corrected chi connectivity index (χ4v) is 5.45. The molecule has 41 heavy (non-hydrogen) atoms. The van der Waals surface area contributed by atoms with Crippen molar-refractivity contribution in [2.75, 3.05) is 20.3 Å². The van der Waals surface area contributed by atoms with Crippen LogP contribution in [0.3, 0.4) is 0 Å². The summed E-state index contributed by atoms with van der Waals surface area (Å²) in [5.74, 6) is 0.817. The Balaban J connectivity index is 1.55. The van der Waals surface area contributed by atoms with Crippen LogP contribution in [0.2, 0.25) is 0 Å². The van der Waals surface area contributed by atoms with Gasteiger partial charge in [0.1, 0.15) is 17.6 Å². The molecule has 7 nitrogen and oxygen atoms in total. The van der Waals surface area contributed by atoms with E-state index in [1.54, 1.807) is 36.3 Å². The van der Waals surface area contributed by atoms with Crippen LogP contribution >= 0.6 is 0 Å². The van der Waals surface area contributed by atoms with Gasteiger partial charge in [-0.2, -0.15) is 0 Å². The topological polar surface area (TPSA) is 85.3 Å². The number of benzene rings is 3. The average Bonchev–Trinajstić information content (AvgIpc) is 3.46. The first-order valence-electron chi connectivity index (χ1n) is 14.2. The standard InChI is InChI=1S/C34H37NO6/c1-21(2)15-17-40-28-13-10-24(20-29(28)39-4)31-30(32(36)25-11-12-27-26(19-25)18-22(3)41-27)33(37)34(38)35(31)16-14-23-8-6-5-7-9-23/h5-13,19-22,31,36H,14-18H2,1-4H3/t22-,31-/m0/s1. The lowest BCUT2D eigenvalue weighted by Gasteiger charge is -2.26. The van der Waals surface area contributed by atoms with Crippen molar-refractivity contribution >= 4 is 17.4 Å². The molecule has 2 heterocycles. The molecule has 0 spiro atoms. The van der Waals surface area contributed by atoms with Crippen molar-refractivity contribution in [3.8, 4) is 17.2 Å². The second-order valence-electron chi connectivity index (χ2n) is 11.1. The molecule has 0 aromatic heterocycles. The summed E-state index contributed by atoms with van der Waals surface area (Å²) in [5, 5.41) is 11.6. The second-order valence-corrected chi connectivity index (χ2v) is 11.1. The van der Waals surface area contributed by atoms with Gasteiger partial charge in [-0.25, -0.2) is 0 Å². The van der Waals surface area contributed by atoms with E-state index in [2.05, 4.69) is 13.8 Å². The van der Waals surface area contributed by atoms with Gasteiger partial charge in [0.2, 0.25) is 0 Å². The number of likely N-dealkylation sites (tertiary alicyclic amines) is 1. The van der Waals surface area contributed by atoms with Gasteiger partial charge in [0.05, 0.1) is 25.3 Å². The monoisotopic (exact) mass is 555 g/mol. The molecule has 2 aliphatic rings. The molecule has 7 heteroatoms. The van der Waals surface area contributed by atoms with E-state index in [-0.39, 0.29) is 17.4 Å². The molecule has 1 N–H and O–H groups in total. The SMILES string of the molecule is COc1cc([C@H]2C(=C(O)c3ccc4c(c3)C[C@H](C)O4)C(=O)C(=O)N2CCc2ccccc2)ccc1OCCC(C)C. The van der Waals surface area contributed by atoms with Crippen molar-refractivity contribution in [3.05, 3.63) is 94.6 Å². The molecule has 214 valence electrons. The summed E-state index contributed by atoms with van der Waals surface area (Å²) in [6.45, 7) is 7.11. The van der Waals surface area contributed by atoms with Gasteiger partial charge in [-0.05, 0) is 72.7 Å². The highest BCUT2D eigenvalue weighted by Gasteiger charge is 2.46. The summed E-state index contributed by atoms with van der Waals surface area (Å²) in [7, 11) is 1.56. The third kappa shape index (κ3) is 5.94. The highest BCUT2D eigenvalue weighted by Crippen LogP contribution is 2.43. The molecule has 3 aromatic carbocycles. The van der Waals surface area contributed by atoms with E-state index in [0.29, 0.717) is 54.5 Å². The van der Waals surface area contributed by atoms with Crippen LogP contribution in [0.4, 0.5) is 0 Å². The van der Waals surface area contributed by atoms with Gasteiger partial charge in [-0.15, -0.1) is 0 Å². The Kier molecular flexibility index (Phi) is 8.34. The van der Waals surface area contributed by atoms with Crippen molar-refractivity contribution < 1.29 is 28.9 Å². The zero-order valence-corrected chi connectivity index (χ0v) is 24.1. The smallest absolute Gasteiger partial charge is 0.295 e. The maximum absolute atomic E-state index is 13.5. The van der Waals surface area contributed by atoms with Gasteiger partial charge in [0.25, 0.3) is 11.7 Å². The number of methoxy groups -OCH3 is 1.